The van der Waals surface area contributed by atoms with Crippen LogP contribution in [0.5, 0.6) is 0 Å². The number of non-ortho nitro benzene ring substituents is 1. The first-order valence-corrected chi connectivity index (χ1v) is 10.5. The molecule has 0 bridgehead atoms. The number of nitrogens with zero attached hydrogens (tertiary/aromatic N) is 3. The Labute approximate surface area is 187 Å². The second-order valence-electron chi connectivity index (χ2n) is 7.05. The number of methoxy groups -OCH3 is 1. The quantitative estimate of drug-likeness (QED) is 0.474. The Morgan fingerprint density at radius 1 is 1.34 bits per heavy atom. The fourth-order valence-electron chi connectivity index (χ4n) is 3.12. The van der Waals surface area contributed by atoms with Gasteiger partial charge in [0, 0.05) is 31.4 Å². The van der Waals surface area contributed by atoms with Gasteiger partial charge in [-0.15, -0.1) is 0 Å². The number of benzene rings is 2. The van der Waals surface area contributed by atoms with E-state index < -0.39 is 21.9 Å². The van der Waals surface area contributed by atoms with Gasteiger partial charge in [0.15, 0.2) is 5.17 Å². The fraction of sp³-hybridized carbons (Fsp3) is 0.286. The van der Waals surface area contributed by atoms with Crippen molar-refractivity contribution in [3.63, 3.8) is 0 Å². The maximum atomic E-state index is 13.2. The predicted molar refractivity (Wildman–Crippen MR) is 119 cm³/mol. The Bertz CT molecular complexity index is 1050. The second kappa shape index (κ2) is 10.3. The number of hydrogen-bond donors (Lipinski definition) is 1. The molecule has 2 aromatic rings. The van der Waals surface area contributed by atoms with Crippen LogP contribution in [0, 0.1) is 15.9 Å². The zero-order valence-electron chi connectivity index (χ0n) is 17.4. The molecule has 2 unspecified atom stereocenters. The third-order valence-corrected chi connectivity index (χ3v) is 5.73. The van der Waals surface area contributed by atoms with Crippen molar-refractivity contribution in [1.82, 2.24) is 4.90 Å². The molecular weight excluding hydrogens is 439 g/mol. The van der Waals surface area contributed by atoms with Crippen LogP contribution >= 0.6 is 11.8 Å². The first-order chi connectivity index (χ1) is 15.3. The van der Waals surface area contributed by atoms with E-state index in [1.165, 1.54) is 60.5 Å². The maximum Gasteiger partial charge on any atom is 0.271 e. The van der Waals surface area contributed by atoms with Gasteiger partial charge in [-0.1, -0.05) is 17.8 Å². The summed E-state index contributed by atoms with van der Waals surface area (Å²) in [6.45, 7) is 2.06. The average molecular weight is 460 g/mol. The first kappa shape index (κ1) is 23.4. The zero-order valence-corrected chi connectivity index (χ0v) is 18.2. The summed E-state index contributed by atoms with van der Waals surface area (Å²) in [5.74, 6) is -1.15. The highest BCUT2D eigenvalue weighted by atomic mass is 32.2. The summed E-state index contributed by atoms with van der Waals surface area (Å²) < 4.78 is 18.4. The minimum absolute atomic E-state index is 0.148. The lowest BCUT2D eigenvalue weighted by atomic mass is 10.2. The van der Waals surface area contributed by atoms with Crippen molar-refractivity contribution in [3.8, 4) is 0 Å². The molecular formula is C21H21FN4O5S. The molecule has 1 N–H and O–H groups in total. The van der Waals surface area contributed by atoms with Gasteiger partial charge in [-0.05, 0) is 37.3 Å². The molecule has 2 aromatic carbocycles. The molecule has 9 nitrogen and oxygen atoms in total. The van der Waals surface area contributed by atoms with Crippen molar-refractivity contribution in [2.45, 2.75) is 24.6 Å². The molecule has 0 aromatic heterocycles. The molecule has 0 spiro atoms. The van der Waals surface area contributed by atoms with Gasteiger partial charge in [0.1, 0.15) is 11.1 Å². The summed E-state index contributed by atoms with van der Waals surface area (Å²) in [6, 6.07) is 10.8. The van der Waals surface area contributed by atoms with Crippen LogP contribution in [0.4, 0.5) is 21.5 Å². The number of amides is 2. The Kier molecular flexibility index (Phi) is 7.54. The van der Waals surface area contributed by atoms with Crippen molar-refractivity contribution >= 4 is 45.8 Å². The minimum Gasteiger partial charge on any atom is -0.383 e. The topological polar surface area (TPSA) is 114 Å². The molecule has 0 aliphatic carbocycles. The molecule has 168 valence electrons. The number of thioether (sulfide) groups is 1. The van der Waals surface area contributed by atoms with Crippen LogP contribution in [-0.4, -0.2) is 51.8 Å². The molecule has 11 heteroatoms. The van der Waals surface area contributed by atoms with Crippen LogP contribution in [0.25, 0.3) is 0 Å². The van der Waals surface area contributed by atoms with Crippen molar-refractivity contribution in [1.29, 1.82) is 0 Å². The molecule has 0 radical (unpaired) electrons. The van der Waals surface area contributed by atoms with Crippen molar-refractivity contribution in [2.24, 2.45) is 4.99 Å². The standard InChI is InChI=1S/C21H21FN4O5S/c1-13(12-31-2)25-20(28)18(32-21(25)24-15-8-6-14(22)7-9-15)11-19(27)23-16-4-3-5-17(10-16)26(29)30/h3-10,13,18H,11-12H2,1-2H3,(H,23,27). The number of ether oxygens (including phenoxy) is 1. The number of amidine groups is 1. The Morgan fingerprint density at radius 3 is 2.72 bits per heavy atom. The predicted octanol–water partition coefficient (Wildman–Crippen LogP) is 3.73. The number of halogens is 1. The van der Waals surface area contributed by atoms with Gasteiger partial charge in [0.2, 0.25) is 11.8 Å². The van der Waals surface area contributed by atoms with Crippen LogP contribution < -0.4 is 5.32 Å². The minimum atomic E-state index is -0.729. The van der Waals surface area contributed by atoms with E-state index in [4.69, 9.17) is 4.74 Å². The summed E-state index contributed by atoms with van der Waals surface area (Å²) >= 11 is 1.14. The average Bonchev–Trinajstić information content (AvgIpc) is 3.04. The highest BCUT2D eigenvalue weighted by Crippen LogP contribution is 2.33. The Balaban J connectivity index is 1.77. The highest BCUT2D eigenvalue weighted by molar-refractivity contribution is 8.15. The van der Waals surface area contributed by atoms with E-state index in [0.717, 1.165) is 11.8 Å². The zero-order chi connectivity index (χ0) is 23.3. The summed E-state index contributed by atoms with van der Waals surface area (Å²) in [5, 5.41) is 13.2. The number of anilines is 1. The lowest BCUT2D eigenvalue weighted by molar-refractivity contribution is -0.384. The van der Waals surface area contributed by atoms with Crippen molar-refractivity contribution in [2.75, 3.05) is 19.0 Å². The van der Waals surface area contributed by atoms with Gasteiger partial charge in [0.25, 0.3) is 5.69 Å². The van der Waals surface area contributed by atoms with Gasteiger partial charge in [0.05, 0.1) is 23.3 Å². The van der Waals surface area contributed by atoms with E-state index in [-0.39, 0.29) is 36.4 Å². The van der Waals surface area contributed by atoms with Crippen molar-refractivity contribution in [3.05, 3.63) is 64.5 Å². The smallest absolute Gasteiger partial charge is 0.271 e. The Morgan fingerprint density at radius 2 is 2.06 bits per heavy atom. The SMILES string of the molecule is COCC(C)N1C(=O)C(CC(=O)Nc2cccc([N+](=O)[O-])c2)SC1=Nc1ccc(F)cc1. The van der Waals surface area contributed by atoms with Crippen molar-refractivity contribution < 1.29 is 23.6 Å². The Hall–Kier alpha value is -3.31. The summed E-state index contributed by atoms with van der Waals surface area (Å²) in [6.07, 6.45) is -0.148. The fourth-order valence-corrected chi connectivity index (χ4v) is 4.36. The van der Waals surface area contributed by atoms with Gasteiger partial charge >= 0.3 is 0 Å². The van der Waals surface area contributed by atoms with E-state index in [1.54, 1.807) is 6.92 Å². The van der Waals surface area contributed by atoms with Gasteiger partial charge in [-0.3, -0.25) is 24.6 Å². The van der Waals surface area contributed by atoms with E-state index in [1.807, 2.05) is 0 Å². The molecule has 2 amide bonds. The molecule has 0 saturated carbocycles. The number of nitro groups is 1. The number of carbonyl (C=O) groups excluding carboxylic acids is 2. The number of nitro benzene ring substituents is 1. The van der Waals surface area contributed by atoms with Crippen LogP contribution in [0.2, 0.25) is 0 Å². The highest BCUT2D eigenvalue weighted by Gasteiger charge is 2.41. The first-order valence-electron chi connectivity index (χ1n) is 9.65. The van der Waals surface area contributed by atoms with E-state index in [0.29, 0.717) is 10.9 Å². The largest absolute Gasteiger partial charge is 0.383 e. The molecule has 1 fully saturated rings. The van der Waals surface area contributed by atoms with Crippen LogP contribution in [0.1, 0.15) is 13.3 Å². The summed E-state index contributed by atoms with van der Waals surface area (Å²) in [7, 11) is 1.52. The maximum absolute atomic E-state index is 13.2. The van der Waals surface area contributed by atoms with Gasteiger partial charge < -0.3 is 10.1 Å². The third-order valence-electron chi connectivity index (χ3n) is 4.58. The molecule has 1 aliphatic heterocycles. The van der Waals surface area contributed by atoms with Gasteiger partial charge in [-0.2, -0.15) is 0 Å². The molecule has 1 heterocycles. The lowest BCUT2D eigenvalue weighted by Gasteiger charge is -2.23. The summed E-state index contributed by atoms with van der Waals surface area (Å²) in [5.41, 5.74) is 0.588. The molecule has 32 heavy (non-hydrogen) atoms. The lowest BCUT2D eigenvalue weighted by Crippen LogP contribution is -2.42. The monoisotopic (exact) mass is 460 g/mol. The van der Waals surface area contributed by atoms with Crippen LogP contribution in [0.15, 0.2) is 53.5 Å². The number of rotatable bonds is 8. The van der Waals surface area contributed by atoms with E-state index in [9.17, 15) is 24.1 Å². The van der Waals surface area contributed by atoms with Crippen LogP contribution in [0.3, 0.4) is 0 Å². The second-order valence-corrected chi connectivity index (χ2v) is 8.22. The molecule has 2 atom stereocenters. The van der Waals surface area contributed by atoms with E-state index in [2.05, 4.69) is 10.3 Å². The molecule has 1 saturated heterocycles. The van der Waals surface area contributed by atoms with Gasteiger partial charge in [-0.25, -0.2) is 9.38 Å². The van der Waals surface area contributed by atoms with E-state index >= 15 is 0 Å². The molecule has 3 rings (SSSR count). The number of carbonyl (C=O) groups is 2. The normalized spacial score (nSPS) is 18.1. The molecule has 1 aliphatic rings. The third kappa shape index (κ3) is 5.68. The van der Waals surface area contributed by atoms with Crippen LogP contribution in [-0.2, 0) is 14.3 Å². The number of nitrogens with one attached hydrogen (secondary N) is 1. The number of aliphatic imine (C=N–C) groups is 1. The summed E-state index contributed by atoms with van der Waals surface area (Å²) in [4.78, 5) is 41.9. The number of hydrogen-bond acceptors (Lipinski definition) is 7.